The molecule has 2 aromatic carbocycles. The fourth-order valence-corrected chi connectivity index (χ4v) is 4.52. The van der Waals surface area contributed by atoms with Gasteiger partial charge in [0.15, 0.2) is 0 Å². The summed E-state index contributed by atoms with van der Waals surface area (Å²) in [6.07, 6.45) is 2.47. The second kappa shape index (κ2) is 10.1. The maximum atomic E-state index is 12.3. The molecule has 5 heteroatoms. The van der Waals surface area contributed by atoms with E-state index in [1.807, 2.05) is 25.7 Å². The van der Waals surface area contributed by atoms with E-state index in [9.17, 15) is 4.79 Å². The van der Waals surface area contributed by atoms with E-state index in [1.165, 1.54) is 48.2 Å². The Hall–Kier alpha value is -2.37. The maximum Gasteiger partial charge on any atom is 0.410 e. The zero-order valence-electron chi connectivity index (χ0n) is 19.8. The Balaban J connectivity index is 1.31. The molecule has 2 saturated heterocycles. The lowest BCUT2D eigenvalue weighted by molar-refractivity contribution is 0.0139. The molecule has 0 saturated carbocycles. The van der Waals surface area contributed by atoms with Crippen LogP contribution >= 0.6 is 0 Å². The van der Waals surface area contributed by atoms with E-state index >= 15 is 0 Å². The highest BCUT2D eigenvalue weighted by atomic mass is 16.6. The molecular weight excluding hydrogens is 398 g/mol. The first-order valence-corrected chi connectivity index (χ1v) is 12.0. The lowest BCUT2D eigenvalue weighted by Crippen LogP contribution is -2.49. The molecule has 2 aliphatic rings. The van der Waals surface area contributed by atoms with Crippen molar-refractivity contribution >= 4 is 6.09 Å². The Morgan fingerprint density at radius 3 is 2.06 bits per heavy atom. The van der Waals surface area contributed by atoms with Crippen LogP contribution < -0.4 is 0 Å². The molecular formula is C27H37N3O2. The molecule has 0 spiro atoms. The smallest absolute Gasteiger partial charge is 0.410 e. The lowest BCUT2D eigenvalue weighted by Gasteiger charge is -2.35. The number of likely N-dealkylation sites (tertiary alicyclic amines) is 1. The van der Waals surface area contributed by atoms with E-state index in [1.54, 1.807) is 0 Å². The van der Waals surface area contributed by atoms with Crippen molar-refractivity contribution in [1.82, 2.24) is 14.7 Å². The minimum atomic E-state index is -0.443. The van der Waals surface area contributed by atoms with Gasteiger partial charge < -0.3 is 9.64 Å². The molecule has 1 amide bonds. The first kappa shape index (κ1) is 22.8. The SMILES string of the molecule is CC(C)(C)OC(=O)N1CCN(Cc2cccc(-c3ccc(CN4CCCC4)cc3)c2)CC1. The third kappa shape index (κ3) is 6.33. The molecule has 0 unspecified atom stereocenters. The van der Waals surface area contributed by atoms with E-state index < -0.39 is 5.60 Å². The molecule has 172 valence electrons. The summed E-state index contributed by atoms with van der Waals surface area (Å²) in [6, 6.07) is 17.9. The van der Waals surface area contributed by atoms with Crippen LogP contribution in [0.4, 0.5) is 4.79 Å². The molecule has 2 heterocycles. The largest absolute Gasteiger partial charge is 0.444 e. The molecule has 4 rings (SSSR count). The van der Waals surface area contributed by atoms with E-state index in [0.29, 0.717) is 13.1 Å². The molecule has 0 aliphatic carbocycles. The third-order valence-corrected chi connectivity index (χ3v) is 6.25. The van der Waals surface area contributed by atoms with Gasteiger partial charge >= 0.3 is 6.09 Å². The number of piperazine rings is 1. The molecule has 0 N–H and O–H groups in total. The van der Waals surface area contributed by atoms with Gasteiger partial charge in [-0.25, -0.2) is 4.79 Å². The number of hydrogen-bond acceptors (Lipinski definition) is 4. The van der Waals surface area contributed by atoms with Crippen LogP contribution in [-0.2, 0) is 17.8 Å². The summed E-state index contributed by atoms with van der Waals surface area (Å²) in [5.41, 5.74) is 4.81. The molecule has 0 radical (unpaired) electrons. The van der Waals surface area contributed by atoms with E-state index in [2.05, 4.69) is 58.3 Å². The van der Waals surface area contributed by atoms with Crippen LogP contribution in [0.25, 0.3) is 11.1 Å². The van der Waals surface area contributed by atoms with Crippen LogP contribution in [0, 0.1) is 0 Å². The van der Waals surface area contributed by atoms with E-state index in [0.717, 1.165) is 26.2 Å². The van der Waals surface area contributed by atoms with Gasteiger partial charge in [0.25, 0.3) is 0 Å². The Morgan fingerprint density at radius 1 is 0.781 bits per heavy atom. The molecule has 32 heavy (non-hydrogen) atoms. The number of hydrogen-bond donors (Lipinski definition) is 0. The molecule has 2 aliphatic heterocycles. The topological polar surface area (TPSA) is 36.0 Å². The van der Waals surface area contributed by atoms with Gasteiger partial charge in [-0.15, -0.1) is 0 Å². The van der Waals surface area contributed by atoms with Crippen LogP contribution in [0.2, 0.25) is 0 Å². The number of carbonyl (C=O) groups excluding carboxylic acids is 1. The summed E-state index contributed by atoms with van der Waals surface area (Å²) in [5, 5.41) is 0. The summed E-state index contributed by atoms with van der Waals surface area (Å²) in [4.78, 5) is 19.1. The Labute approximate surface area is 193 Å². The molecule has 0 aromatic heterocycles. The van der Waals surface area contributed by atoms with Gasteiger partial charge in [0.05, 0.1) is 0 Å². The summed E-state index contributed by atoms with van der Waals surface area (Å²) in [6.45, 7) is 13.3. The van der Waals surface area contributed by atoms with Crippen molar-refractivity contribution in [3.8, 4) is 11.1 Å². The molecule has 0 bridgehead atoms. The first-order chi connectivity index (χ1) is 15.4. The zero-order valence-corrected chi connectivity index (χ0v) is 19.8. The van der Waals surface area contributed by atoms with Gasteiger partial charge in [-0.3, -0.25) is 9.80 Å². The van der Waals surface area contributed by atoms with Gasteiger partial charge in [-0.05, 0) is 75.0 Å². The fourth-order valence-electron chi connectivity index (χ4n) is 4.52. The highest BCUT2D eigenvalue weighted by Gasteiger charge is 2.25. The highest BCUT2D eigenvalue weighted by molar-refractivity contribution is 5.68. The van der Waals surface area contributed by atoms with Gasteiger partial charge in [-0.1, -0.05) is 42.5 Å². The predicted octanol–water partition coefficient (Wildman–Crippen LogP) is 5.00. The molecule has 0 atom stereocenters. The second-order valence-electron chi connectivity index (χ2n) is 10.1. The Morgan fingerprint density at radius 2 is 1.41 bits per heavy atom. The number of carbonyl (C=O) groups is 1. The quantitative estimate of drug-likeness (QED) is 0.662. The Kier molecular flexibility index (Phi) is 7.17. The van der Waals surface area contributed by atoms with E-state index in [-0.39, 0.29) is 6.09 Å². The van der Waals surface area contributed by atoms with Gasteiger partial charge in [0.2, 0.25) is 0 Å². The maximum absolute atomic E-state index is 12.3. The van der Waals surface area contributed by atoms with Gasteiger partial charge in [0, 0.05) is 39.3 Å². The molecule has 2 aromatic rings. The van der Waals surface area contributed by atoms with Crippen LogP contribution in [-0.4, -0.2) is 65.7 Å². The summed E-state index contributed by atoms with van der Waals surface area (Å²) >= 11 is 0. The molecule has 2 fully saturated rings. The van der Waals surface area contributed by atoms with Crippen molar-refractivity contribution in [3.63, 3.8) is 0 Å². The lowest BCUT2D eigenvalue weighted by atomic mass is 10.0. The van der Waals surface area contributed by atoms with Crippen molar-refractivity contribution in [2.45, 2.75) is 52.3 Å². The van der Waals surface area contributed by atoms with Crippen LogP contribution in [0.1, 0.15) is 44.7 Å². The minimum absolute atomic E-state index is 0.202. The standard InChI is InChI=1S/C27H37N3O2/c1-27(2,3)32-26(31)30-17-15-29(16-18-30)21-23-7-6-8-25(19-23)24-11-9-22(10-12-24)20-28-13-4-5-14-28/h6-12,19H,4-5,13-18,20-21H2,1-3H3. The average molecular weight is 436 g/mol. The summed E-state index contributed by atoms with van der Waals surface area (Å²) in [7, 11) is 0. The normalized spacial score (nSPS) is 18.2. The number of ether oxygens (including phenoxy) is 1. The van der Waals surface area contributed by atoms with Crippen molar-refractivity contribution < 1.29 is 9.53 Å². The zero-order chi connectivity index (χ0) is 22.6. The van der Waals surface area contributed by atoms with Crippen molar-refractivity contribution in [3.05, 3.63) is 59.7 Å². The third-order valence-electron chi connectivity index (χ3n) is 6.25. The van der Waals surface area contributed by atoms with Gasteiger partial charge in [-0.2, -0.15) is 0 Å². The molecule has 5 nitrogen and oxygen atoms in total. The summed E-state index contributed by atoms with van der Waals surface area (Å²) in [5.74, 6) is 0. The number of nitrogens with zero attached hydrogens (tertiary/aromatic N) is 3. The first-order valence-electron chi connectivity index (χ1n) is 12.0. The van der Waals surface area contributed by atoms with Gasteiger partial charge in [0.1, 0.15) is 5.60 Å². The predicted molar refractivity (Wildman–Crippen MR) is 129 cm³/mol. The van der Waals surface area contributed by atoms with Crippen molar-refractivity contribution in [2.24, 2.45) is 0 Å². The van der Waals surface area contributed by atoms with Crippen molar-refractivity contribution in [2.75, 3.05) is 39.3 Å². The number of benzene rings is 2. The average Bonchev–Trinajstić information content (AvgIpc) is 3.27. The Bertz CT molecular complexity index is 890. The monoisotopic (exact) mass is 435 g/mol. The van der Waals surface area contributed by atoms with Crippen LogP contribution in [0.15, 0.2) is 48.5 Å². The van der Waals surface area contributed by atoms with Crippen LogP contribution in [0.5, 0.6) is 0 Å². The number of rotatable bonds is 5. The van der Waals surface area contributed by atoms with Crippen LogP contribution in [0.3, 0.4) is 0 Å². The van der Waals surface area contributed by atoms with E-state index in [4.69, 9.17) is 4.74 Å². The second-order valence-corrected chi connectivity index (χ2v) is 10.1. The minimum Gasteiger partial charge on any atom is -0.444 e. The van der Waals surface area contributed by atoms with Crippen molar-refractivity contribution in [1.29, 1.82) is 0 Å². The number of amides is 1. The fraction of sp³-hybridized carbons (Fsp3) is 0.519. The highest BCUT2D eigenvalue weighted by Crippen LogP contribution is 2.23. The summed E-state index contributed by atoms with van der Waals surface area (Å²) < 4.78 is 5.51.